The molecule has 0 radical (unpaired) electrons. The summed E-state index contributed by atoms with van der Waals surface area (Å²) >= 11 is 0. The highest BCUT2D eigenvalue weighted by molar-refractivity contribution is 6.11. The van der Waals surface area contributed by atoms with Crippen LogP contribution in [0.3, 0.4) is 0 Å². The van der Waals surface area contributed by atoms with Gasteiger partial charge in [0.15, 0.2) is 11.5 Å². The lowest BCUT2D eigenvalue weighted by atomic mass is 10.00. The van der Waals surface area contributed by atoms with Crippen molar-refractivity contribution in [3.05, 3.63) is 87.6 Å². The van der Waals surface area contributed by atoms with E-state index in [9.17, 15) is 14.9 Å². The number of nitrogens with zero attached hydrogens (tertiary/aromatic N) is 2. The van der Waals surface area contributed by atoms with Crippen LogP contribution in [0.25, 0.3) is 22.0 Å². The summed E-state index contributed by atoms with van der Waals surface area (Å²) in [7, 11) is 3.07. The van der Waals surface area contributed by atoms with Crippen molar-refractivity contribution >= 4 is 28.7 Å². The average Bonchev–Trinajstić information content (AvgIpc) is 3.23. The molecule has 0 aliphatic heterocycles. The van der Waals surface area contributed by atoms with Gasteiger partial charge in [-0.25, -0.2) is 5.43 Å². The number of rotatable bonds is 7. The Hall–Kier alpha value is -4.66. The van der Waals surface area contributed by atoms with E-state index < -0.39 is 10.8 Å². The fourth-order valence-electron chi connectivity index (χ4n) is 3.79. The number of aromatic nitrogens is 1. The highest BCUT2D eigenvalue weighted by Crippen LogP contribution is 2.37. The van der Waals surface area contributed by atoms with Crippen LogP contribution in [0.1, 0.15) is 21.6 Å². The van der Waals surface area contributed by atoms with E-state index in [1.807, 2.05) is 36.4 Å². The van der Waals surface area contributed by atoms with E-state index in [0.29, 0.717) is 33.6 Å². The summed E-state index contributed by atoms with van der Waals surface area (Å²) in [5.74, 6) is 0.576. The molecule has 0 aliphatic rings. The molecule has 3 aromatic carbocycles. The molecular weight excluding hydrogens is 436 g/mol. The van der Waals surface area contributed by atoms with Crippen LogP contribution in [0, 0.1) is 17.0 Å². The van der Waals surface area contributed by atoms with E-state index in [1.54, 1.807) is 32.2 Å². The maximum absolute atomic E-state index is 13.1. The minimum absolute atomic E-state index is 0.0972. The van der Waals surface area contributed by atoms with Gasteiger partial charge in [-0.3, -0.25) is 14.9 Å². The van der Waals surface area contributed by atoms with Gasteiger partial charge in [0.05, 0.1) is 25.4 Å². The Morgan fingerprint density at radius 2 is 1.79 bits per heavy atom. The Morgan fingerprint density at radius 3 is 2.47 bits per heavy atom. The van der Waals surface area contributed by atoms with Crippen LogP contribution in [-0.2, 0) is 0 Å². The fraction of sp³-hybridized carbons (Fsp3) is 0.120. The number of nitro benzene ring substituents is 1. The highest BCUT2D eigenvalue weighted by Gasteiger charge is 2.24. The van der Waals surface area contributed by atoms with Crippen molar-refractivity contribution in [3.8, 4) is 22.6 Å². The number of hydrogen-bond donors (Lipinski definition) is 2. The van der Waals surface area contributed by atoms with Crippen molar-refractivity contribution in [3.63, 3.8) is 0 Å². The van der Waals surface area contributed by atoms with Crippen LogP contribution in [0.5, 0.6) is 11.5 Å². The van der Waals surface area contributed by atoms with Crippen LogP contribution in [0.15, 0.2) is 65.8 Å². The molecule has 34 heavy (non-hydrogen) atoms. The van der Waals surface area contributed by atoms with E-state index in [1.165, 1.54) is 19.4 Å². The standard InChI is InChI=1S/C25H22N4O5/c1-15-11-18-22(17-7-5-4-6-8-17)24(27-23(18)19(12-15)29(31)32)25(30)28-26-14-16-9-10-20(33-2)21(13-16)34-3/h4-14,27H,1-3H3,(H,28,30)/b26-14+. The largest absolute Gasteiger partial charge is 0.493 e. The number of aryl methyl sites for hydroxylation is 1. The summed E-state index contributed by atoms with van der Waals surface area (Å²) in [6.07, 6.45) is 1.47. The molecule has 0 bridgehead atoms. The van der Waals surface area contributed by atoms with Crippen molar-refractivity contribution in [2.45, 2.75) is 6.92 Å². The van der Waals surface area contributed by atoms with Gasteiger partial charge < -0.3 is 14.5 Å². The smallest absolute Gasteiger partial charge is 0.293 e. The first-order valence-corrected chi connectivity index (χ1v) is 10.3. The molecule has 0 saturated carbocycles. The summed E-state index contributed by atoms with van der Waals surface area (Å²) in [6, 6.07) is 17.8. The van der Waals surface area contributed by atoms with E-state index in [2.05, 4.69) is 15.5 Å². The number of H-pyrrole nitrogens is 1. The first-order valence-electron chi connectivity index (χ1n) is 10.3. The lowest BCUT2D eigenvalue weighted by molar-refractivity contribution is -0.383. The number of carbonyl (C=O) groups excluding carboxylic acids is 1. The summed E-state index contributed by atoms with van der Waals surface area (Å²) in [6.45, 7) is 1.78. The van der Waals surface area contributed by atoms with Gasteiger partial charge >= 0.3 is 0 Å². The number of non-ortho nitro benzene ring substituents is 1. The molecule has 0 saturated heterocycles. The molecule has 9 heteroatoms. The zero-order valence-electron chi connectivity index (χ0n) is 18.8. The molecule has 172 valence electrons. The van der Waals surface area contributed by atoms with Crippen LogP contribution >= 0.6 is 0 Å². The maximum Gasteiger partial charge on any atom is 0.293 e. The van der Waals surface area contributed by atoms with Crippen LogP contribution in [0.4, 0.5) is 5.69 Å². The number of hydrazone groups is 1. The van der Waals surface area contributed by atoms with Crippen LogP contribution in [-0.4, -0.2) is 36.2 Å². The van der Waals surface area contributed by atoms with E-state index >= 15 is 0 Å². The van der Waals surface area contributed by atoms with Gasteiger partial charge in [-0.15, -0.1) is 0 Å². The Morgan fingerprint density at radius 1 is 1.06 bits per heavy atom. The number of methoxy groups -OCH3 is 2. The minimum Gasteiger partial charge on any atom is -0.493 e. The molecule has 2 N–H and O–H groups in total. The Kier molecular flexibility index (Phi) is 6.26. The van der Waals surface area contributed by atoms with Crippen molar-refractivity contribution in [1.29, 1.82) is 0 Å². The number of hydrogen-bond acceptors (Lipinski definition) is 6. The number of nitrogens with one attached hydrogen (secondary N) is 2. The van der Waals surface area contributed by atoms with Gasteiger partial charge in [0.25, 0.3) is 11.6 Å². The lowest BCUT2D eigenvalue weighted by Crippen LogP contribution is -2.18. The monoisotopic (exact) mass is 458 g/mol. The maximum atomic E-state index is 13.1. The van der Waals surface area contributed by atoms with Gasteiger partial charge in [0, 0.05) is 17.0 Å². The Bertz CT molecular complexity index is 1410. The third-order valence-corrected chi connectivity index (χ3v) is 5.30. The molecule has 0 fully saturated rings. The molecule has 0 aliphatic carbocycles. The summed E-state index contributed by atoms with van der Waals surface area (Å²) < 4.78 is 10.5. The third-order valence-electron chi connectivity index (χ3n) is 5.30. The number of benzene rings is 3. The van der Waals surface area contributed by atoms with Gasteiger partial charge in [0.1, 0.15) is 11.2 Å². The van der Waals surface area contributed by atoms with E-state index in [0.717, 1.165) is 5.56 Å². The number of carbonyl (C=O) groups is 1. The SMILES string of the molecule is COc1ccc(/C=N/NC(=O)c2[nH]c3c([N+](=O)[O-])cc(C)cc3c2-c2ccccc2)cc1OC. The van der Waals surface area contributed by atoms with E-state index in [4.69, 9.17) is 9.47 Å². The summed E-state index contributed by atoms with van der Waals surface area (Å²) in [5.41, 5.74) is 5.59. The third kappa shape index (κ3) is 4.31. The second-order valence-electron chi connectivity index (χ2n) is 7.52. The molecule has 1 amide bonds. The second kappa shape index (κ2) is 9.45. The average molecular weight is 458 g/mol. The fourth-order valence-corrected chi connectivity index (χ4v) is 3.79. The highest BCUT2D eigenvalue weighted by atomic mass is 16.6. The lowest BCUT2D eigenvalue weighted by Gasteiger charge is -2.07. The van der Waals surface area contributed by atoms with Gasteiger partial charge in [0.2, 0.25) is 0 Å². The zero-order chi connectivity index (χ0) is 24.2. The van der Waals surface area contributed by atoms with Crippen molar-refractivity contribution in [2.75, 3.05) is 14.2 Å². The zero-order valence-corrected chi connectivity index (χ0v) is 18.8. The van der Waals surface area contributed by atoms with Gasteiger partial charge in [-0.1, -0.05) is 30.3 Å². The molecule has 0 spiro atoms. The predicted octanol–water partition coefficient (Wildman–Crippen LogP) is 4.83. The molecule has 4 rings (SSSR count). The molecule has 1 aromatic heterocycles. The Balaban J connectivity index is 1.73. The number of nitro groups is 1. The molecular formula is C25H22N4O5. The molecule has 0 unspecified atom stereocenters. The first-order chi connectivity index (χ1) is 16.4. The molecule has 9 nitrogen and oxygen atoms in total. The quantitative estimate of drug-likeness (QED) is 0.233. The van der Waals surface area contributed by atoms with Crippen LogP contribution in [0.2, 0.25) is 0 Å². The van der Waals surface area contributed by atoms with Crippen molar-refractivity contribution in [1.82, 2.24) is 10.4 Å². The van der Waals surface area contributed by atoms with Gasteiger partial charge in [-0.2, -0.15) is 5.10 Å². The molecule has 0 atom stereocenters. The predicted molar refractivity (Wildman–Crippen MR) is 130 cm³/mol. The first kappa shape index (κ1) is 22.5. The molecule has 1 heterocycles. The minimum atomic E-state index is -0.529. The summed E-state index contributed by atoms with van der Waals surface area (Å²) in [5, 5.41) is 16.3. The van der Waals surface area contributed by atoms with Crippen LogP contribution < -0.4 is 14.9 Å². The summed E-state index contributed by atoms with van der Waals surface area (Å²) in [4.78, 5) is 27.3. The van der Waals surface area contributed by atoms with Crippen molar-refractivity contribution < 1.29 is 19.2 Å². The molecule has 4 aromatic rings. The second-order valence-corrected chi connectivity index (χ2v) is 7.52. The van der Waals surface area contributed by atoms with E-state index in [-0.39, 0.29) is 16.9 Å². The number of fused-ring (bicyclic) bond motifs is 1. The van der Waals surface area contributed by atoms with Gasteiger partial charge in [-0.05, 0) is 47.9 Å². The normalized spacial score (nSPS) is 11.0. The topological polar surface area (TPSA) is 119 Å². The number of aromatic amines is 1. The Labute approximate surface area is 195 Å². The number of amides is 1. The number of ether oxygens (including phenoxy) is 2. The van der Waals surface area contributed by atoms with Crippen molar-refractivity contribution in [2.24, 2.45) is 5.10 Å².